The van der Waals surface area contributed by atoms with Crippen molar-refractivity contribution in [3.05, 3.63) is 40.5 Å². The first-order chi connectivity index (χ1) is 12.2. The molecule has 1 saturated carbocycles. The van der Waals surface area contributed by atoms with E-state index in [2.05, 4.69) is 16.8 Å². The summed E-state index contributed by atoms with van der Waals surface area (Å²) in [5.74, 6) is 5.32. The molecule has 1 aromatic carbocycles. The third-order valence-electron chi connectivity index (χ3n) is 5.18. The zero-order chi connectivity index (χ0) is 18.8. The van der Waals surface area contributed by atoms with Crippen molar-refractivity contribution in [2.24, 2.45) is 5.73 Å². The molecular weight excluding hydrogens is 333 g/mol. The van der Waals surface area contributed by atoms with Crippen molar-refractivity contribution >= 4 is 5.91 Å². The number of benzene rings is 1. The Bertz CT molecular complexity index is 999. The molecule has 0 saturated heterocycles. The lowest BCUT2D eigenvalue weighted by Gasteiger charge is -2.35. The Morgan fingerprint density at radius 1 is 1.42 bits per heavy atom. The number of carbonyl (C=O) groups is 1. The quantitative estimate of drug-likeness (QED) is 0.774. The molecule has 1 fully saturated rings. The van der Waals surface area contributed by atoms with E-state index in [1.807, 2.05) is 11.5 Å². The van der Waals surface area contributed by atoms with Gasteiger partial charge in [0.25, 0.3) is 5.91 Å². The Morgan fingerprint density at radius 3 is 2.73 bits per heavy atom. The Kier molecular flexibility index (Phi) is 3.50. The first-order valence-electron chi connectivity index (χ1n) is 8.63. The molecule has 26 heavy (non-hydrogen) atoms. The van der Waals surface area contributed by atoms with E-state index >= 15 is 0 Å². The van der Waals surface area contributed by atoms with E-state index in [-0.39, 0.29) is 23.2 Å². The van der Waals surface area contributed by atoms with Gasteiger partial charge in [0.05, 0.1) is 5.56 Å². The molecule has 2 aromatic rings. The van der Waals surface area contributed by atoms with Gasteiger partial charge in [0.15, 0.2) is 0 Å². The van der Waals surface area contributed by atoms with Gasteiger partial charge in [-0.3, -0.25) is 4.79 Å². The fourth-order valence-electron chi connectivity index (χ4n) is 3.87. The summed E-state index contributed by atoms with van der Waals surface area (Å²) in [6.07, 6.45) is 1.78. The predicted molar refractivity (Wildman–Crippen MR) is 95.1 cm³/mol. The Labute approximate surface area is 151 Å². The lowest BCUT2D eigenvalue weighted by atomic mass is 9.75. The smallest absolute Gasteiger partial charge is 0.269 e. The number of aliphatic hydroxyl groups is 1. The number of rotatable bonds is 1. The van der Waals surface area contributed by atoms with Gasteiger partial charge >= 0.3 is 0 Å². The average Bonchev–Trinajstić information content (AvgIpc) is 2.69. The van der Waals surface area contributed by atoms with Gasteiger partial charge in [0.2, 0.25) is 0 Å². The lowest BCUT2D eigenvalue weighted by Crippen LogP contribution is -2.24. The number of amides is 1. The topological polar surface area (TPSA) is 81.1 Å². The molecule has 1 aliphatic carbocycles. The molecule has 6 heteroatoms. The summed E-state index contributed by atoms with van der Waals surface area (Å²) >= 11 is 0. The van der Waals surface area contributed by atoms with Gasteiger partial charge in [-0.15, -0.1) is 0 Å². The number of halogens is 1. The molecule has 3 aliphatic rings. The lowest BCUT2D eigenvalue weighted by molar-refractivity contribution is 0.0995. The predicted octanol–water partition coefficient (Wildman–Crippen LogP) is 2.65. The molecule has 2 bridgehead atoms. The van der Waals surface area contributed by atoms with E-state index in [1.54, 1.807) is 19.9 Å². The van der Waals surface area contributed by atoms with Crippen molar-refractivity contribution in [2.45, 2.75) is 51.2 Å². The molecule has 1 aromatic heterocycles. The number of primary amides is 1. The van der Waals surface area contributed by atoms with Gasteiger partial charge in [-0.2, -0.15) is 0 Å². The van der Waals surface area contributed by atoms with Gasteiger partial charge in [-0.25, -0.2) is 9.37 Å². The summed E-state index contributed by atoms with van der Waals surface area (Å²) in [5.41, 5.74) is 7.14. The molecule has 2 aliphatic heterocycles. The molecule has 134 valence electrons. The van der Waals surface area contributed by atoms with Crippen LogP contribution in [-0.4, -0.2) is 26.2 Å². The second-order valence-corrected chi connectivity index (χ2v) is 7.65. The maximum absolute atomic E-state index is 14.6. The minimum absolute atomic E-state index is 0.206. The van der Waals surface area contributed by atoms with Crippen LogP contribution in [0, 0.1) is 24.6 Å². The highest BCUT2D eigenvalue weighted by molar-refractivity contribution is 5.93. The number of hydrogen-bond donors (Lipinski definition) is 2. The van der Waals surface area contributed by atoms with Crippen LogP contribution >= 0.6 is 0 Å². The van der Waals surface area contributed by atoms with Gasteiger partial charge in [-0.1, -0.05) is 11.8 Å². The third-order valence-corrected chi connectivity index (χ3v) is 5.18. The zero-order valence-electron chi connectivity index (χ0n) is 14.9. The van der Waals surface area contributed by atoms with E-state index in [9.17, 15) is 14.3 Å². The fourth-order valence-corrected chi connectivity index (χ4v) is 3.87. The Balaban J connectivity index is 1.95. The van der Waals surface area contributed by atoms with Crippen LogP contribution in [0.2, 0.25) is 0 Å². The number of carbonyl (C=O) groups excluding carboxylic acids is 1. The normalized spacial score (nSPS) is 20.2. The van der Waals surface area contributed by atoms with Crippen molar-refractivity contribution in [1.29, 1.82) is 0 Å². The number of nitrogens with two attached hydrogens (primary N) is 1. The van der Waals surface area contributed by atoms with Crippen molar-refractivity contribution in [2.75, 3.05) is 0 Å². The fraction of sp³-hybridized carbons (Fsp3) is 0.400. The van der Waals surface area contributed by atoms with E-state index in [4.69, 9.17) is 5.73 Å². The largest absolute Gasteiger partial charge is 0.378 e. The first-order valence-corrected chi connectivity index (χ1v) is 8.63. The van der Waals surface area contributed by atoms with Crippen LogP contribution in [0.3, 0.4) is 0 Å². The summed E-state index contributed by atoms with van der Waals surface area (Å²) in [5, 5.41) is 9.80. The molecule has 5 rings (SSSR count). The highest BCUT2D eigenvalue weighted by atomic mass is 19.1. The molecule has 1 amide bonds. The van der Waals surface area contributed by atoms with Crippen LogP contribution in [0.1, 0.15) is 66.0 Å². The average molecular weight is 353 g/mol. The van der Waals surface area contributed by atoms with Crippen molar-refractivity contribution in [3.8, 4) is 23.2 Å². The van der Waals surface area contributed by atoms with Crippen LogP contribution in [0.25, 0.3) is 11.4 Å². The molecule has 0 atom stereocenters. The van der Waals surface area contributed by atoms with Gasteiger partial charge in [0, 0.05) is 17.3 Å². The van der Waals surface area contributed by atoms with Gasteiger partial charge in [0.1, 0.15) is 22.9 Å². The highest BCUT2D eigenvalue weighted by Crippen LogP contribution is 2.53. The number of aromatic nitrogens is 2. The van der Waals surface area contributed by atoms with E-state index < -0.39 is 17.3 Å². The maximum atomic E-state index is 14.6. The minimum Gasteiger partial charge on any atom is -0.378 e. The van der Waals surface area contributed by atoms with E-state index in [0.29, 0.717) is 5.82 Å². The number of imidazole rings is 1. The number of nitrogens with zero attached hydrogens (tertiary/aromatic N) is 2. The van der Waals surface area contributed by atoms with Crippen molar-refractivity contribution in [3.63, 3.8) is 0 Å². The third kappa shape index (κ3) is 2.51. The highest BCUT2D eigenvalue weighted by Gasteiger charge is 2.40. The minimum atomic E-state index is -1.21. The summed E-state index contributed by atoms with van der Waals surface area (Å²) in [4.78, 5) is 16.2. The van der Waals surface area contributed by atoms with Crippen LogP contribution in [0.15, 0.2) is 12.1 Å². The second kappa shape index (κ2) is 5.42. The standard InChI is InChI=1S/C20H20FN3O2/c1-10-17(18(22)25)23-19-15-8-11(4-5-20(2,3)26)16(21)9-14(15)12-6-13(7-12)24(10)19/h8-9,12-13,26H,6-7H2,1-3H3,(H2,22,25). The zero-order valence-corrected chi connectivity index (χ0v) is 14.9. The summed E-state index contributed by atoms with van der Waals surface area (Å²) < 4.78 is 16.6. The summed E-state index contributed by atoms with van der Waals surface area (Å²) in [6, 6.07) is 3.44. The molecular formula is C20H20FN3O2. The summed E-state index contributed by atoms with van der Waals surface area (Å²) in [6.45, 7) is 4.93. The Hall–Kier alpha value is -2.65. The monoisotopic (exact) mass is 353 g/mol. The van der Waals surface area contributed by atoms with Gasteiger partial charge in [-0.05, 0) is 57.2 Å². The van der Waals surface area contributed by atoms with Gasteiger partial charge < -0.3 is 15.4 Å². The van der Waals surface area contributed by atoms with Crippen LogP contribution in [0.4, 0.5) is 4.39 Å². The maximum Gasteiger partial charge on any atom is 0.269 e. The molecule has 0 unspecified atom stereocenters. The van der Waals surface area contributed by atoms with Crippen LogP contribution in [-0.2, 0) is 0 Å². The second-order valence-electron chi connectivity index (χ2n) is 7.65. The van der Waals surface area contributed by atoms with Crippen LogP contribution in [0.5, 0.6) is 0 Å². The van der Waals surface area contributed by atoms with E-state index in [0.717, 1.165) is 29.7 Å². The first kappa shape index (κ1) is 16.8. The van der Waals surface area contributed by atoms with E-state index in [1.165, 1.54) is 6.07 Å². The van der Waals surface area contributed by atoms with Crippen molar-refractivity contribution < 1.29 is 14.3 Å². The van der Waals surface area contributed by atoms with Crippen LogP contribution < -0.4 is 5.73 Å². The molecule has 0 spiro atoms. The Morgan fingerprint density at radius 2 is 2.12 bits per heavy atom. The van der Waals surface area contributed by atoms with Crippen molar-refractivity contribution in [1.82, 2.24) is 9.55 Å². The molecule has 3 N–H and O–H groups in total. The number of hydrogen-bond acceptors (Lipinski definition) is 3. The molecule has 5 nitrogen and oxygen atoms in total. The summed E-state index contributed by atoms with van der Waals surface area (Å²) in [7, 11) is 0. The molecule has 3 heterocycles. The SMILES string of the molecule is Cc1c(C(N)=O)nc2n1C1CC(C1)c1cc(F)c(C#CC(C)(C)O)cc1-2. The molecule has 0 radical (unpaired) electrons.